The maximum absolute atomic E-state index is 13.9. The molecule has 146 valence electrons. The van der Waals surface area contributed by atoms with Crippen molar-refractivity contribution >= 4 is 17.6 Å². The molecule has 4 rings (SSSR count). The minimum atomic E-state index is -0.812. The zero-order valence-electron chi connectivity index (χ0n) is 14.8. The lowest BCUT2D eigenvalue weighted by Gasteiger charge is -2.26. The Morgan fingerprint density at radius 1 is 1.14 bits per heavy atom. The lowest BCUT2D eigenvalue weighted by atomic mass is 10.1. The summed E-state index contributed by atoms with van der Waals surface area (Å²) in [5.41, 5.74) is 0.343. The summed E-state index contributed by atoms with van der Waals surface area (Å²) in [6, 6.07) is 5.61. The Bertz CT molecular complexity index is 951. The quantitative estimate of drug-likeness (QED) is 0.616. The maximum atomic E-state index is 13.9. The van der Waals surface area contributed by atoms with Crippen molar-refractivity contribution in [3.8, 4) is 11.3 Å². The Hall–Kier alpha value is -3.11. The first-order valence-corrected chi connectivity index (χ1v) is 8.71. The predicted octanol–water partition coefficient (Wildman–Crippen LogP) is 2.22. The van der Waals surface area contributed by atoms with Crippen LogP contribution in [0.25, 0.3) is 11.3 Å². The summed E-state index contributed by atoms with van der Waals surface area (Å²) in [6.07, 6.45) is 1.64. The van der Waals surface area contributed by atoms with Crippen LogP contribution in [0.3, 0.4) is 0 Å². The van der Waals surface area contributed by atoms with Gasteiger partial charge < -0.3 is 20.1 Å². The van der Waals surface area contributed by atoms with Gasteiger partial charge in [-0.2, -0.15) is 10.1 Å². The van der Waals surface area contributed by atoms with E-state index in [1.807, 2.05) is 4.90 Å². The topological polar surface area (TPSA) is 99.2 Å². The van der Waals surface area contributed by atoms with Crippen LogP contribution in [-0.2, 0) is 11.3 Å². The van der Waals surface area contributed by atoms with Crippen LogP contribution in [0, 0.1) is 11.6 Å². The van der Waals surface area contributed by atoms with E-state index in [1.54, 1.807) is 18.3 Å². The highest BCUT2D eigenvalue weighted by molar-refractivity contribution is 5.65. The molecule has 0 atom stereocenters. The van der Waals surface area contributed by atoms with E-state index in [2.05, 4.69) is 25.5 Å². The van der Waals surface area contributed by atoms with Gasteiger partial charge in [0, 0.05) is 36.5 Å². The molecule has 28 heavy (non-hydrogen) atoms. The Morgan fingerprint density at radius 2 is 1.89 bits per heavy atom. The third-order valence-electron chi connectivity index (χ3n) is 4.38. The molecule has 0 unspecified atom stereocenters. The first kappa shape index (κ1) is 18.3. The van der Waals surface area contributed by atoms with Crippen molar-refractivity contribution in [2.45, 2.75) is 6.61 Å². The molecule has 0 aliphatic carbocycles. The molecule has 1 saturated heterocycles. The Balaban J connectivity index is 1.52. The third kappa shape index (κ3) is 3.78. The highest BCUT2D eigenvalue weighted by atomic mass is 19.1. The van der Waals surface area contributed by atoms with Crippen molar-refractivity contribution < 1.29 is 18.6 Å². The van der Waals surface area contributed by atoms with Gasteiger partial charge in [-0.3, -0.25) is 5.10 Å². The number of morpholine rings is 1. The van der Waals surface area contributed by atoms with Gasteiger partial charge in [0.15, 0.2) is 5.82 Å². The molecule has 8 nitrogen and oxygen atoms in total. The van der Waals surface area contributed by atoms with Crippen molar-refractivity contribution in [1.29, 1.82) is 0 Å². The van der Waals surface area contributed by atoms with E-state index in [1.165, 1.54) is 0 Å². The molecular formula is C18H18F2N6O2. The van der Waals surface area contributed by atoms with E-state index in [0.29, 0.717) is 36.5 Å². The molecule has 0 spiro atoms. The molecule has 1 aromatic carbocycles. The molecule has 1 aliphatic rings. The van der Waals surface area contributed by atoms with Gasteiger partial charge in [-0.25, -0.2) is 13.8 Å². The standard InChI is InChI=1S/C18H18F2N6O2/c19-13-7-11(8-14(20)12(13)10-27)15-9-17(25-24-15)22-16-1-2-21-18(23-16)26-3-5-28-6-4-26/h1-2,7-9,27H,3-6,10H2,(H2,21,22,23,24,25). The van der Waals surface area contributed by atoms with Crippen molar-refractivity contribution in [2.24, 2.45) is 0 Å². The molecule has 1 fully saturated rings. The van der Waals surface area contributed by atoms with Gasteiger partial charge in [0.2, 0.25) is 5.95 Å². The molecular weight excluding hydrogens is 370 g/mol. The van der Waals surface area contributed by atoms with E-state index in [0.717, 1.165) is 25.2 Å². The minimum Gasteiger partial charge on any atom is -0.391 e. The molecule has 3 heterocycles. The summed E-state index contributed by atoms with van der Waals surface area (Å²) < 4.78 is 33.1. The highest BCUT2D eigenvalue weighted by Gasteiger charge is 2.15. The van der Waals surface area contributed by atoms with E-state index in [-0.39, 0.29) is 11.1 Å². The summed E-state index contributed by atoms with van der Waals surface area (Å²) in [5, 5.41) is 18.9. The number of aromatic nitrogens is 4. The van der Waals surface area contributed by atoms with Crippen LogP contribution in [0.4, 0.5) is 26.4 Å². The molecule has 0 radical (unpaired) electrons. The minimum absolute atomic E-state index is 0.282. The number of nitrogens with one attached hydrogen (secondary N) is 2. The Morgan fingerprint density at radius 3 is 2.61 bits per heavy atom. The highest BCUT2D eigenvalue weighted by Crippen LogP contribution is 2.26. The molecule has 0 bridgehead atoms. The second kappa shape index (κ2) is 7.87. The Labute approximate surface area is 159 Å². The normalized spacial score (nSPS) is 14.3. The van der Waals surface area contributed by atoms with Crippen LogP contribution < -0.4 is 10.2 Å². The van der Waals surface area contributed by atoms with Crippen molar-refractivity contribution in [1.82, 2.24) is 20.2 Å². The van der Waals surface area contributed by atoms with Crippen LogP contribution in [0.2, 0.25) is 0 Å². The van der Waals surface area contributed by atoms with Crippen molar-refractivity contribution in [3.63, 3.8) is 0 Å². The number of benzene rings is 1. The monoisotopic (exact) mass is 388 g/mol. The predicted molar refractivity (Wildman–Crippen MR) is 98.2 cm³/mol. The van der Waals surface area contributed by atoms with Gasteiger partial charge in [0.1, 0.15) is 17.5 Å². The first-order chi connectivity index (χ1) is 13.6. The molecule has 10 heteroatoms. The number of aliphatic hydroxyl groups excluding tert-OH is 1. The van der Waals surface area contributed by atoms with Gasteiger partial charge in [0.05, 0.1) is 25.5 Å². The molecule has 1 aliphatic heterocycles. The van der Waals surface area contributed by atoms with Gasteiger partial charge in [0.25, 0.3) is 0 Å². The number of hydrogen-bond acceptors (Lipinski definition) is 7. The number of aromatic amines is 1. The van der Waals surface area contributed by atoms with Crippen LogP contribution in [0.15, 0.2) is 30.5 Å². The lowest BCUT2D eigenvalue weighted by Crippen LogP contribution is -2.37. The zero-order chi connectivity index (χ0) is 19.5. The fraction of sp³-hybridized carbons (Fsp3) is 0.278. The largest absolute Gasteiger partial charge is 0.391 e. The number of anilines is 3. The second-order valence-electron chi connectivity index (χ2n) is 6.21. The fourth-order valence-electron chi connectivity index (χ4n) is 2.91. The Kier molecular flexibility index (Phi) is 5.13. The summed E-state index contributed by atoms with van der Waals surface area (Å²) >= 11 is 0. The molecule has 3 N–H and O–H groups in total. The van der Waals surface area contributed by atoms with Crippen LogP contribution >= 0.6 is 0 Å². The number of aliphatic hydroxyl groups is 1. The van der Waals surface area contributed by atoms with Gasteiger partial charge in [-0.1, -0.05) is 0 Å². The van der Waals surface area contributed by atoms with E-state index < -0.39 is 18.2 Å². The van der Waals surface area contributed by atoms with Gasteiger partial charge in [-0.05, 0) is 18.2 Å². The van der Waals surface area contributed by atoms with Crippen LogP contribution in [-0.4, -0.2) is 51.6 Å². The molecule has 3 aromatic rings. The van der Waals surface area contributed by atoms with Crippen LogP contribution in [0.1, 0.15) is 5.56 Å². The van der Waals surface area contributed by atoms with Crippen molar-refractivity contribution in [3.05, 3.63) is 47.7 Å². The summed E-state index contributed by atoms with van der Waals surface area (Å²) in [7, 11) is 0. The second-order valence-corrected chi connectivity index (χ2v) is 6.21. The summed E-state index contributed by atoms with van der Waals surface area (Å²) in [6.45, 7) is 2.00. The van der Waals surface area contributed by atoms with E-state index in [9.17, 15) is 8.78 Å². The number of ether oxygens (including phenoxy) is 1. The van der Waals surface area contributed by atoms with E-state index in [4.69, 9.17) is 9.84 Å². The SMILES string of the molecule is OCc1c(F)cc(-c2cc(Nc3ccnc(N4CCOCC4)n3)n[nH]2)cc1F. The number of halogens is 2. The smallest absolute Gasteiger partial charge is 0.227 e. The lowest BCUT2D eigenvalue weighted by molar-refractivity contribution is 0.122. The molecule has 2 aromatic heterocycles. The van der Waals surface area contributed by atoms with Gasteiger partial charge >= 0.3 is 0 Å². The third-order valence-corrected chi connectivity index (χ3v) is 4.38. The van der Waals surface area contributed by atoms with Gasteiger partial charge in [-0.15, -0.1) is 0 Å². The number of nitrogens with zero attached hydrogens (tertiary/aromatic N) is 4. The number of H-pyrrole nitrogens is 1. The molecule has 0 saturated carbocycles. The zero-order valence-corrected chi connectivity index (χ0v) is 14.8. The molecule has 0 amide bonds. The maximum Gasteiger partial charge on any atom is 0.227 e. The summed E-state index contributed by atoms with van der Waals surface area (Å²) in [4.78, 5) is 10.8. The van der Waals surface area contributed by atoms with E-state index >= 15 is 0 Å². The average Bonchev–Trinajstić information content (AvgIpc) is 3.17. The summed E-state index contributed by atoms with van der Waals surface area (Å²) in [5.74, 6) is -0.0517. The number of rotatable bonds is 5. The average molecular weight is 388 g/mol. The fourth-order valence-corrected chi connectivity index (χ4v) is 2.91. The first-order valence-electron chi connectivity index (χ1n) is 8.71. The number of hydrogen-bond donors (Lipinski definition) is 3. The van der Waals surface area contributed by atoms with Crippen molar-refractivity contribution in [2.75, 3.05) is 36.5 Å². The van der Waals surface area contributed by atoms with Crippen LogP contribution in [0.5, 0.6) is 0 Å².